The van der Waals surface area contributed by atoms with Crippen molar-refractivity contribution in [1.29, 1.82) is 0 Å². The van der Waals surface area contributed by atoms with Gasteiger partial charge >= 0.3 is 0 Å². The van der Waals surface area contributed by atoms with Crippen molar-refractivity contribution in [2.24, 2.45) is 0 Å². The van der Waals surface area contributed by atoms with Crippen molar-refractivity contribution in [3.05, 3.63) is 35.6 Å². The fourth-order valence-corrected chi connectivity index (χ4v) is 2.37. The molecule has 5 heteroatoms. The summed E-state index contributed by atoms with van der Waals surface area (Å²) in [7, 11) is 0. The first-order valence-electron chi connectivity index (χ1n) is 7.57. The molecule has 1 aliphatic heterocycles. The van der Waals surface area contributed by atoms with Gasteiger partial charge in [0.05, 0.1) is 12.6 Å². The molecule has 1 unspecified atom stereocenters. The lowest BCUT2D eigenvalue weighted by Gasteiger charge is -2.22. The van der Waals surface area contributed by atoms with Crippen LogP contribution in [0.5, 0.6) is 0 Å². The number of carbonyl (C=O) groups excluding carboxylic acids is 1. The number of ether oxygens (including phenoxy) is 1. The van der Waals surface area contributed by atoms with Gasteiger partial charge in [0.25, 0.3) is 0 Å². The number of benzene rings is 1. The van der Waals surface area contributed by atoms with E-state index in [1.54, 1.807) is 12.1 Å². The minimum Gasteiger partial charge on any atom is -0.377 e. The highest BCUT2D eigenvalue weighted by molar-refractivity contribution is 5.77. The first-order valence-corrected chi connectivity index (χ1v) is 7.57. The van der Waals surface area contributed by atoms with E-state index >= 15 is 0 Å². The van der Waals surface area contributed by atoms with E-state index in [2.05, 4.69) is 10.6 Å². The maximum atomic E-state index is 12.7. The molecule has 21 heavy (non-hydrogen) atoms. The number of hydrogen-bond acceptors (Lipinski definition) is 3. The summed E-state index contributed by atoms with van der Waals surface area (Å²) in [5.74, 6) is -0.259. The Kier molecular flexibility index (Phi) is 6.63. The summed E-state index contributed by atoms with van der Waals surface area (Å²) < 4.78 is 18.3. The van der Waals surface area contributed by atoms with Crippen molar-refractivity contribution in [2.75, 3.05) is 26.2 Å². The van der Waals surface area contributed by atoms with Gasteiger partial charge in [-0.2, -0.15) is 0 Å². The van der Waals surface area contributed by atoms with E-state index in [1.807, 2.05) is 0 Å². The van der Waals surface area contributed by atoms with Crippen LogP contribution in [0.4, 0.5) is 4.39 Å². The van der Waals surface area contributed by atoms with Crippen molar-refractivity contribution in [3.63, 3.8) is 0 Å². The van der Waals surface area contributed by atoms with E-state index in [9.17, 15) is 9.18 Å². The SMILES string of the molecule is O=C(CNCC1CCCCO1)NCCc1ccc(F)cc1. The third-order valence-corrected chi connectivity index (χ3v) is 3.58. The van der Waals surface area contributed by atoms with Gasteiger partial charge in [0, 0.05) is 19.7 Å². The molecule has 1 amide bonds. The molecule has 0 bridgehead atoms. The Morgan fingerprint density at radius 2 is 2.10 bits per heavy atom. The molecular weight excluding hydrogens is 271 g/mol. The Bertz CT molecular complexity index is 430. The Morgan fingerprint density at radius 3 is 2.81 bits per heavy atom. The summed E-state index contributed by atoms with van der Waals surface area (Å²) in [5.41, 5.74) is 1.01. The smallest absolute Gasteiger partial charge is 0.233 e. The van der Waals surface area contributed by atoms with Crippen LogP contribution in [0.2, 0.25) is 0 Å². The summed E-state index contributed by atoms with van der Waals surface area (Å²) >= 11 is 0. The standard InChI is InChI=1S/C16H23FN2O2/c17-14-6-4-13(5-7-14)8-9-19-16(20)12-18-11-15-3-1-2-10-21-15/h4-7,15,18H,1-3,8-12H2,(H,19,20). The Balaban J connectivity index is 1.54. The molecule has 1 aromatic rings. The van der Waals surface area contributed by atoms with Gasteiger partial charge in [0.15, 0.2) is 0 Å². The molecule has 4 nitrogen and oxygen atoms in total. The van der Waals surface area contributed by atoms with Crippen LogP contribution in [0.1, 0.15) is 24.8 Å². The molecule has 0 spiro atoms. The Morgan fingerprint density at radius 1 is 1.29 bits per heavy atom. The van der Waals surface area contributed by atoms with Gasteiger partial charge in [0.2, 0.25) is 5.91 Å². The largest absolute Gasteiger partial charge is 0.377 e. The maximum Gasteiger partial charge on any atom is 0.233 e. The van der Waals surface area contributed by atoms with Crippen LogP contribution in [0.25, 0.3) is 0 Å². The van der Waals surface area contributed by atoms with Crippen molar-refractivity contribution >= 4 is 5.91 Å². The molecule has 2 rings (SSSR count). The first-order chi connectivity index (χ1) is 10.2. The lowest BCUT2D eigenvalue weighted by atomic mass is 10.1. The quantitative estimate of drug-likeness (QED) is 0.804. The van der Waals surface area contributed by atoms with Gasteiger partial charge in [-0.25, -0.2) is 4.39 Å². The highest BCUT2D eigenvalue weighted by atomic mass is 19.1. The third-order valence-electron chi connectivity index (χ3n) is 3.58. The van der Waals surface area contributed by atoms with Crippen LogP contribution in [0.3, 0.4) is 0 Å². The minimum absolute atomic E-state index is 0.0204. The second-order valence-corrected chi connectivity index (χ2v) is 5.35. The second-order valence-electron chi connectivity index (χ2n) is 5.35. The van der Waals surface area contributed by atoms with Gasteiger partial charge in [-0.3, -0.25) is 4.79 Å². The van der Waals surface area contributed by atoms with Crippen LogP contribution in [-0.4, -0.2) is 38.3 Å². The van der Waals surface area contributed by atoms with E-state index in [1.165, 1.54) is 18.6 Å². The van der Waals surface area contributed by atoms with E-state index in [0.29, 0.717) is 19.5 Å². The first kappa shape index (κ1) is 15.9. The fraction of sp³-hybridized carbons (Fsp3) is 0.562. The number of halogens is 1. The maximum absolute atomic E-state index is 12.7. The molecule has 2 N–H and O–H groups in total. The summed E-state index contributed by atoms with van der Waals surface area (Å²) in [6.07, 6.45) is 4.36. The van der Waals surface area contributed by atoms with Gasteiger partial charge in [0.1, 0.15) is 5.82 Å². The average Bonchev–Trinajstić information content (AvgIpc) is 2.50. The van der Waals surface area contributed by atoms with Crippen LogP contribution in [-0.2, 0) is 16.0 Å². The zero-order chi connectivity index (χ0) is 14.9. The second kappa shape index (κ2) is 8.74. The highest BCUT2D eigenvalue weighted by Crippen LogP contribution is 2.11. The molecule has 1 heterocycles. The number of carbonyl (C=O) groups is 1. The Labute approximate surface area is 125 Å². The molecule has 1 saturated heterocycles. The molecular formula is C16H23FN2O2. The van der Waals surface area contributed by atoms with Crippen molar-refractivity contribution in [1.82, 2.24) is 10.6 Å². The lowest BCUT2D eigenvalue weighted by Crippen LogP contribution is -2.39. The summed E-state index contributed by atoms with van der Waals surface area (Å²) in [6.45, 7) is 2.43. The zero-order valence-electron chi connectivity index (χ0n) is 12.2. The van der Waals surface area contributed by atoms with Crippen LogP contribution < -0.4 is 10.6 Å². The molecule has 1 atom stereocenters. The predicted octanol–water partition coefficient (Wildman–Crippen LogP) is 1.64. The van der Waals surface area contributed by atoms with Gasteiger partial charge in [-0.15, -0.1) is 0 Å². The average molecular weight is 294 g/mol. The molecule has 0 aromatic heterocycles. The van der Waals surface area contributed by atoms with Gasteiger partial charge in [-0.1, -0.05) is 12.1 Å². The number of amides is 1. The van der Waals surface area contributed by atoms with E-state index in [4.69, 9.17) is 4.74 Å². The third kappa shape index (κ3) is 6.23. The van der Waals surface area contributed by atoms with Gasteiger partial charge in [-0.05, 0) is 43.4 Å². The summed E-state index contributed by atoms with van der Waals surface area (Å²) in [6, 6.07) is 6.34. The Hall–Kier alpha value is -1.46. The molecule has 0 aliphatic carbocycles. The van der Waals surface area contributed by atoms with E-state index in [0.717, 1.165) is 31.6 Å². The van der Waals surface area contributed by atoms with Crippen LogP contribution in [0, 0.1) is 5.82 Å². The lowest BCUT2D eigenvalue weighted by molar-refractivity contribution is -0.120. The predicted molar refractivity (Wildman–Crippen MR) is 79.6 cm³/mol. The normalized spacial score (nSPS) is 18.4. The number of hydrogen-bond donors (Lipinski definition) is 2. The van der Waals surface area contributed by atoms with Crippen molar-refractivity contribution in [2.45, 2.75) is 31.8 Å². The fourth-order valence-electron chi connectivity index (χ4n) is 2.37. The summed E-state index contributed by atoms with van der Waals surface area (Å²) in [4.78, 5) is 11.7. The van der Waals surface area contributed by atoms with Gasteiger partial charge < -0.3 is 15.4 Å². The molecule has 1 aromatic carbocycles. The number of rotatable bonds is 7. The van der Waals surface area contributed by atoms with Crippen LogP contribution in [0.15, 0.2) is 24.3 Å². The molecule has 116 valence electrons. The molecule has 1 fully saturated rings. The number of nitrogens with one attached hydrogen (secondary N) is 2. The zero-order valence-corrected chi connectivity index (χ0v) is 12.2. The van der Waals surface area contributed by atoms with E-state index in [-0.39, 0.29) is 17.8 Å². The molecule has 0 radical (unpaired) electrons. The van der Waals surface area contributed by atoms with Crippen molar-refractivity contribution < 1.29 is 13.9 Å². The highest BCUT2D eigenvalue weighted by Gasteiger charge is 2.13. The minimum atomic E-state index is -0.239. The topological polar surface area (TPSA) is 50.4 Å². The van der Waals surface area contributed by atoms with E-state index < -0.39 is 0 Å². The monoisotopic (exact) mass is 294 g/mol. The van der Waals surface area contributed by atoms with Crippen molar-refractivity contribution in [3.8, 4) is 0 Å². The molecule has 0 saturated carbocycles. The van der Waals surface area contributed by atoms with Crippen LogP contribution >= 0.6 is 0 Å². The molecule has 1 aliphatic rings. The summed E-state index contributed by atoms with van der Waals surface area (Å²) in [5, 5.41) is 5.97.